The molecule has 0 radical (unpaired) electrons. The number of carboxylic acid groups (broad SMARTS) is 1. The topological polar surface area (TPSA) is 62.5 Å². The zero-order valence-electron chi connectivity index (χ0n) is 8.75. The van der Waals surface area contributed by atoms with Crippen LogP contribution in [0.4, 0.5) is 0 Å². The predicted molar refractivity (Wildman–Crippen MR) is 54.8 cm³/mol. The van der Waals surface area contributed by atoms with Gasteiger partial charge in [-0.1, -0.05) is 0 Å². The average Bonchev–Trinajstić information content (AvgIpc) is 2.59. The molecule has 1 aliphatic rings. The fourth-order valence-corrected chi connectivity index (χ4v) is 1.85. The fourth-order valence-electron chi connectivity index (χ4n) is 1.85. The molecule has 0 atom stereocenters. The number of carboxylic acids is 1. The molecule has 0 spiro atoms. The minimum absolute atomic E-state index is 0.169. The Hall–Kier alpha value is -1.29. The first kappa shape index (κ1) is 10.2. The summed E-state index contributed by atoms with van der Waals surface area (Å²) in [6.45, 7) is 2.64. The summed E-state index contributed by atoms with van der Waals surface area (Å²) < 4.78 is 5.15. The lowest BCUT2D eigenvalue weighted by Crippen LogP contribution is -2.47. The van der Waals surface area contributed by atoms with Crippen LogP contribution in [0.15, 0.2) is 16.7 Å². The van der Waals surface area contributed by atoms with E-state index in [-0.39, 0.29) is 11.1 Å². The van der Waals surface area contributed by atoms with Gasteiger partial charge in [-0.05, 0) is 32.3 Å². The van der Waals surface area contributed by atoms with Gasteiger partial charge in [-0.25, -0.2) is 4.79 Å². The number of furan rings is 1. The Morgan fingerprint density at radius 2 is 2.40 bits per heavy atom. The van der Waals surface area contributed by atoms with Crippen LogP contribution in [-0.2, 0) is 6.54 Å². The summed E-state index contributed by atoms with van der Waals surface area (Å²) in [4.78, 5) is 10.8. The highest BCUT2D eigenvalue weighted by Crippen LogP contribution is 2.31. The third-order valence-electron chi connectivity index (χ3n) is 3.11. The van der Waals surface area contributed by atoms with E-state index in [9.17, 15) is 4.79 Å². The maximum Gasteiger partial charge on any atom is 0.339 e. The lowest BCUT2D eigenvalue weighted by molar-refractivity contribution is 0.0693. The molecule has 0 aromatic carbocycles. The molecule has 1 aromatic rings. The Bertz CT molecular complexity index is 366. The molecule has 1 saturated carbocycles. The van der Waals surface area contributed by atoms with Crippen LogP contribution in [0.3, 0.4) is 0 Å². The van der Waals surface area contributed by atoms with Gasteiger partial charge in [0.1, 0.15) is 11.3 Å². The van der Waals surface area contributed by atoms with E-state index in [1.165, 1.54) is 18.8 Å². The van der Waals surface area contributed by atoms with E-state index in [1.54, 1.807) is 0 Å². The number of aromatic carboxylic acids is 1. The fraction of sp³-hybridized carbons (Fsp3) is 0.545. The molecule has 4 nitrogen and oxygen atoms in total. The van der Waals surface area contributed by atoms with Crippen LogP contribution in [0.1, 0.15) is 42.3 Å². The van der Waals surface area contributed by atoms with Crippen molar-refractivity contribution in [3.8, 4) is 0 Å². The third kappa shape index (κ3) is 2.04. The second kappa shape index (κ2) is 3.70. The lowest BCUT2D eigenvalue weighted by Gasteiger charge is -2.39. The van der Waals surface area contributed by atoms with Crippen molar-refractivity contribution < 1.29 is 14.3 Å². The highest BCUT2D eigenvalue weighted by Gasteiger charge is 2.31. The van der Waals surface area contributed by atoms with Crippen LogP contribution in [-0.4, -0.2) is 16.6 Å². The number of carbonyl (C=O) groups is 1. The molecule has 15 heavy (non-hydrogen) atoms. The minimum Gasteiger partial charge on any atom is -0.478 e. The summed E-state index contributed by atoms with van der Waals surface area (Å²) in [7, 11) is 0. The van der Waals surface area contributed by atoms with Gasteiger partial charge in [0.25, 0.3) is 0 Å². The van der Waals surface area contributed by atoms with Crippen molar-refractivity contribution in [3.05, 3.63) is 23.7 Å². The Morgan fingerprint density at radius 3 is 2.93 bits per heavy atom. The molecule has 0 bridgehead atoms. The Kier molecular flexibility index (Phi) is 2.52. The number of hydrogen-bond acceptors (Lipinski definition) is 3. The predicted octanol–water partition coefficient (Wildman–Crippen LogP) is 2.01. The van der Waals surface area contributed by atoms with Crippen LogP contribution in [0.5, 0.6) is 0 Å². The smallest absolute Gasteiger partial charge is 0.339 e. The molecule has 0 saturated heterocycles. The molecule has 1 aromatic heterocycles. The van der Waals surface area contributed by atoms with E-state index in [4.69, 9.17) is 9.52 Å². The Morgan fingerprint density at radius 1 is 1.67 bits per heavy atom. The molecule has 82 valence electrons. The maximum absolute atomic E-state index is 10.8. The normalized spacial score (nSPS) is 18.5. The SMILES string of the molecule is CC1(NCc2occc2C(=O)O)CCC1. The third-order valence-corrected chi connectivity index (χ3v) is 3.11. The summed E-state index contributed by atoms with van der Waals surface area (Å²) in [5.74, 6) is -0.421. The quantitative estimate of drug-likeness (QED) is 0.796. The molecule has 0 aliphatic heterocycles. The van der Waals surface area contributed by atoms with Gasteiger partial charge in [-0.15, -0.1) is 0 Å². The zero-order chi connectivity index (χ0) is 10.9. The molecule has 1 fully saturated rings. The van der Waals surface area contributed by atoms with Gasteiger partial charge in [0.2, 0.25) is 0 Å². The molecular formula is C11H15NO3. The summed E-state index contributed by atoms with van der Waals surface area (Å²) in [6.07, 6.45) is 4.96. The average molecular weight is 209 g/mol. The van der Waals surface area contributed by atoms with Crippen molar-refractivity contribution in [1.29, 1.82) is 0 Å². The molecule has 1 heterocycles. The second-order valence-electron chi connectivity index (χ2n) is 4.33. The van der Waals surface area contributed by atoms with Gasteiger partial charge in [-0.2, -0.15) is 0 Å². The molecule has 0 unspecified atom stereocenters. The van der Waals surface area contributed by atoms with Crippen molar-refractivity contribution in [2.75, 3.05) is 0 Å². The standard InChI is InChI=1S/C11H15NO3/c1-11(4-2-5-11)12-7-9-8(10(13)14)3-6-15-9/h3,6,12H,2,4-5,7H2,1H3,(H,13,14). The van der Waals surface area contributed by atoms with Crippen LogP contribution < -0.4 is 5.32 Å². The molecule has 4 heteroatoms. The van der Waals surface area contributed by atoms with Crippen LogP contribution >= 0.6 is 0 Å². The van der Waals surface area contributed by atoms with E-state index in [0.29, 0.717) is 12.3 Å². The van der Waals surface area contributed by atoms with Gasteiger partial charge < -0.3 is 14.8 Å². The van der Waals surface area contributed by atoms with Crippen molar-refractivity contribution in [2.24, 2.45) is 0 Å². The summed E-state index contributed by atoms with van der Waals surface area (Å²) in [5, 5.41) is 12.2. The molecule has 1 aliphatic carbocycles. The first-order valence-corrected chi connectivity index (χ1v) is 5.15. The first-order valence-electron chi connectivity index (χ1n) is 5.15. The van der Waals surface area contributed by atoms with Crippen LogP contribution in [0.25, 0.3) is 0 Å². The van der Waals surface area contributed by atoms with E-state index < -0.39 is 5.97 Å². The van der Waals surface area contributed by atoms with Gasteiger partial charge >= 0.3 is 5.97 Å². The van der Waals surface area contributed by atoms with Crippen molar-refractivity contribution in [1.82, 2.24) is 5.32 Å². The molecule has 2 rings (SSSR count). The van der Waals surface area contributed by atoms with Crippen molar-refractivity contribution in [3.63, 3.8) is 0 Å². The zero-order valence-corrected chi connectivity index (χ0v) is 8.75. The van der Waals surface area contributed by atoms with Gasteiger partial charge in [0, 0.05) is 5.54 Å². The van der Waals surface area contributed by atoms with Crippen molar-refractivity contribution >= 4 is 5.97 Å². The highest BCUT2D eigenvalue weighted by molar-refractivity contribution is 5.88. The highest BCUT2D eigenvalue weighted by atomic mass is 16.4. The first-order chi connectivity index (χ1) is 7.11. The van der Waals surface area contributed by atoms with Gasteiger partial charge in [0.05, 0.1) is 12.8 Å². The summed E-state index contributed by atoms with van der Waals surface area (Å²) >= 11 is 0. The monoisotopic (exact) mass is 209 g/mol. The molecule has 2 N–H and O–H groups in total. The van der Waals surface area contributed by atoms with Gasteiger partial charge in [-0.3, -0.25) is 0 Å². The minimum atomic E-state index is -0.931. The van der Waals surface area contributed by atoms with E-state index >= 15 is 0 Å². The van der Waals surface area contributed by atoms with Gasteiger partial charge in [0.15, 0.2) is 0 Å². The lowest BCUT2D eigenvalue weighted by atomic mass is 9.78. The number of nitrogens with one attached hydrogen (secondary N) is 1. The Labute approximate surface area is 88.3 Å². The number of rotatable bonds is 4. The Balaban J connectivity index is 1.98. The van der Waals surface area contributed by atoms with Crippen LogP contribution in [0.2, 0.25) is 0 Å². The second-order valence-corrected chi connectivity index (χ2v) is 4.33. The van der Waals surface area contributed by atoms with E-state index in [0.717, 1.165) is 12.8 Å². The van der Waals surface area contributed by atoms with Crippen LogP contribution in [0, 0.1) is 0 Å². The maximum atomic E-state index is 10.8. The largest absolute Gasteiger partial charge is 0.478 e. The van der Waals surface area contributed by atoms with E-state index in [2.05, 4.69) is 12.2 Å². The molecule has 0 amide bonds. The molecular weight excluding hydrogens is 194 g/mol. The summed E-state index contributed by atoms with van der Waals surface area (Å²) in [6, 6.07) is 1.49. The van der Waals surface area contributed by atoms with E-state index in [1.807, 2.05) is 0 Å². The summed E-state index contributed by atoms with van der Waals surface area (Å²) in [5.41, 5.74) is 0.424. The number of hydrogen-bond donors (Lipinski definition) is 2. The van der Waals surface area contributed by atoms with Crippen molar-refractivity contribution in [2.45, 2.75) is 38.3 Å².